The zero-order valence-corrected chi connectivity index (χ0v) is 20.6. The summed E-state index contributed by atoms with van der Waals surface area (Å²) < 4.78 is 12.6. The molecule has 0 saturated heterocycles. The molecule has 1 atom stereocenters. The minimum atomic E-state index is -0.312. The third kappa shape index (κ3) is 4.87. The molecule has 0 radical (unpaired) electrons. The number of aromatic nitrogens is 1. The fourth-order valence-electron chi connectivity index (χ4n) is 4.55. The smallest absolute Gasteiger partial charge is 0.259 e. The van der Waals surface area contributed by atoms with Crippen LogP contribution in [0.25, 0.3) is 0 Å². The molecule has 0 bridgehead atoms. The summed E-state index contributed by atoms with van der Waals surface area (Å²) in [6.45, 7) is 4.99. The maximum Gasteiger partial charge on any atom is 0.259 e. The highest BCUT2D eigenvalue weighted by atomic mass is 16.5. The Morgan fingerprint density at radius 2 is 1.91 bits per heavy atom. The molecule has 0 aliphatic carbocycles. The van der Waals surface area contributed by atoms with Crippen LogP contribution in [0.3, 0.4) is 0 Å². The molecule has 184 valence electrons. The van der Waals surface area contributed by atoms with E-state index in [-0.39, 0.29) is 29.2 Å². The molecule has 3 heterocycles. The van der Waals surface area contributed by atoms with Gasteiger partial charge in [-0.2, -0.15) is 0 Å². The number of benzene rings is 1. The van der Waals surface area contributed by atoms with Crippen molar-refractivity contribution in [1.82, 2.24) is 14.4 Å². The summed E-state index contributed by atoms with van der Waals surface area (Å²) in [5, 5.41) is 0. The van der Waals surface area contributed by atoms with Gasteiger partial charge in [0, 0.05) is 44.9 Å². The van der Waals surface area contributed by atoms with E-state index < -0.39 is 0 Å². The van der Waals surface area contributed by atoms with Gasteiger partial charge in [0.25, 0.3) is 11.5 Å². The van der Waals surface area contributed by atoms with Crippen molar-refractivity contribution in [3.8, 4) is 5.75 Å². The molecule has 3 aromatic rings. The summed E-state index contributed by atoms with van der Waals surface area (Å²) in [4.78, 5) is 43.0. The van der Waals surface area contributed by atoms with Gasteiger partial charge in [-0.1, -0.05) is 24.3 Å². The average molecular weight is 478 g/mol. The van der Waals surface area contributed by atoms with E-state index in [1.807, 2.05) is 44.2 Å². The molecule has 1 aliphatic rings. The van der Waals surface area contributed by atoms with E-state index >= 15 is 0 Å². The number of aryl methyl sites for hydroxylation is 1. The second-order valence-electron chi connectivity index (χ2n) is 8.87. The van der Waals surface area contributed by atoms with Gasteiger partial charge < -0.3 is 23.5 Å². The largest absolute Gasteiger partial charge is 0.496 e. The lowest BCUT2D eigenvalue weighted by Gasteiger charge is -2.26. The molecule has 1 aliphatic heterocycles. The third-order valence-corrected chi connectivity index (χ3v) is 6.84. The van der Waals surface area contributed by atoms with E-state index in [4.69, 9.17) is 9.15 Å². The molecule has 2 amide bonds. The van der Waals surface area contributed by atoms with Gasteiger partial charge in [-0.3, -0.25) is 14.4 Å². The van der Waals surface area contributed by atoms with Gasteiger partial charge in [0.2, 0.25) is 5.91 Å². The number of nitrogens with zero attached hydrogens (tertiary/aromatic N) is 3. The summed E-state index contributed by atoms with van der Waals surface area (Å²) in [5.74, 6) is 0.633. The first-order valence-electron chi connectivity index (χ1n) is 11.7. The van der Waals surface area contributed by atoms with Crippen molar-refractivity contribution in [2.75, 3.05) is 27.2 Å². The first-order valence-corrected chi connectivity index (χ1v) is 11.7. The minimum absolute atomic E-state index is 0.00329. The molecular weight excluding hydrogens is 446 g/mol. The predicted molar refractivity (Wildman–Crippen MR) is 132 cm³/mol. The highest BCUT2D eigenvalue weighted by Gasteiger charge is 2.30. The third-order valence-electron chi connectivity index (χ3n) is 6.84. The van der Waals surface area contributed by atoms with Crippen molar-refractivity contribution in [3.05, 3.63) is 87.2 Å². The summed E-state index contributed by atoms with van der Waals surface area (Å²) in [5.41, 5.74) is 2.75. The number of rotatable bonds is 6. The Morgan fingerprint density at radius 1 is 1.14 bits per heavy atom. The number of pyridine rings is 1. The Morgan fingerprint density at radius 3 is 2.60 bits per heavy atom. The lowest BCUT2D eigenvalue weighted by molar-refractivity contribution is -0.130. The molecule has 35 heavy (non-hydrogen) atoms. The van der Waals surface area contributed by atoms with Crippen molar-refractivity contribution in [2.45, 2.75) is 39.3 Å². The van der Waals surface area contributed by atoms with Gasteiger partial charge >= 0.3 is 0 Å². The molecule has 1 unspecified atom stereocenters. The van der Waals surface area contributed by atoms with Crippen LogP contribution in [-0.2, 0) is 24.2 Å². The summed E-state index contributed by atoms with van der Waals surface area (Å²) in [7, 11) is 3.15. The fraction of sp³-hybridized carbons (Fsp3) is 0.370. The highest BCUT2D eigenvalue weighted by Crippen LogP contribution is 2.28. The number of furan rings is 1. The Balaban J connectivity index is 1.62. The molecule has 2 aromatic heterocycles. The van der Waals surface area contributed by atoms with E-state index in [1.165, 1.54) is 13.2 Å². The Labute approximate surface area is 204 Å². The zero-order chi connectivity index (χ0) is 25.1. The maximum absolute atomic E-state index is 13.7. The Hall–Kier alpha value is -3.81. The number of carbonyl (C=O) groups is 2. The van der Waals surface area contributed by atoms with Crippen molar-refractivity contribution in [2.24, 2.45) is 0 Å². The van der Waals surface area contributed by atoms with Gasteiger partial charge in [-0.25, -0.2) is 0 Å². The fourth-order valence-corrected chi connectivity index (χ4v) is 4.55. The molecule has 4 rings (SSSR count). The first kappa shape index (κ1) is 24.3. The van der Waals surface area contributed by atoms with E-state index in [0.29, 0.717) is 49.5 Å². The number of amides is 2. The maximum atomic E-state index is 13.7. The SMILES string of the molecule is COc1cc(=O)n2c(c1C(=O)N(C)C(C)c1ccco1)CCN(C(=O)Cc1ccccc1C)CC2. The second kappa shape index (κ2) is 10.2. The highest BCUT2D eigenvalue weighted by molar-refractivity contribution is 5.98. The van der Waals surface area contributed by atoms with Crippen LogP contribution >= 0.6 is 0 Å². The van der Waals surface area contributed by atoms with Gasteiger partial charge in [-0.05, 0) is 37.1 Å². The first-order chi connectivity index (χ1) is 16.8. The van der Waals surface area contributed by atoms with Crippen LogP contribution in [-0.4, -0.2) is 53.4 Å². The van der Waals surface area contributed by atoms with Crippen LogP contribution in [0.4, 0.5) is 0 Å². The van der Waals surface area contributed by atoms with E-state index in [9.17, 15) is 14.4 Å². The number of ether oxygens (including phenoxy) is 1. The lowest BCUT2D eigenvalue weighted by Crippen LogP contribution is -2.35. The molecular formula is C27H31N3O5. The van der Waals surface area contributed by atoms with Crippen LogP contribution in [0.1, 0.15) is 45.9 Å². The summed E-state index contributed by atoms with van der Waals surface area (Å²) in [6, 6.07) is 12.5. The summed E-state index contributed by atoms with van der Waals surface area (Å²) in [6.07, 6.45) is 2.24. The molecule has 1 aromatic carbocycles. The van der Waals surface area contributed by atoms with Crippen molar-refractivity contribution in [1.29, 1.82) is 0 Å². The van der Waals surface area contributed by atoms with E-state index in [0.717, 1.165) is 11.1 Å². The molecule has 0 fully saturated rings. The molecule has 0 N–H and O–H groups in total. The van der Waals surface area contributed by atoms with Crippen molar-refractivity contribution >= 4 is 11.8 Å². The van der Waals surface area contributed by atoms with E-state index in [1.54, 1.807) is 33.7 Å². The predicted octanol–water partition coefficient (Wildman–Crippen LogP) is 3.22. The number of fused-ring (bicyclic) bond motifs is 1. The zero-order valence-electron chi connectivity index (χ0n) is 20.6. The number of carbonyl (C=O) groups excluding carboxylic acids is 2. The van der Waals surface area contributed by atoms with Gasteiger partial charge in [0.05, 0.1) is 25.8 Å². The number of methoxy groups -OCH3 is 1. The topological polar surface area (TPSA) is 85.0 Å². The normalized spacial score (nSPS) is 14.1. The average Bonchev–Trinajstić information content (AvgIpc) is 3.30. The van der Waals surface area contributed by atoms with Crippen molar-refractivity contribution < 1.29 is 18.7 Å². The Bertz CT molecular complexity index is 1280. The molecule has 0 spiro atoms. The standard InChI is InChI=1S/C27H31N3O5/c1-18-8-5-6-9-20(18)16-24(31)29-12-11-21-26(23(34-4)17-25(32)30(21)14-13-29)27(33)28(3)19(2)22-10-7-15-35-22/h5-10,15,17,19H,11-14,16H2,1-4H3. The molecule has 8 heteroatoms. The van der Waals surface area contributed by atoms with Crippen LogP contribution in [0.15, 0.2) is 57.9 Å². The quantitative estimate of drug-likeness (QED) is 0.544. The monoisotopic (exact) mass is 477 g/mol. The van der Waals surface area contributed by atoms with Crippen LogP contribution in [0, 0.1) is 6.92 Å². The number of hydrogen-bond acceptors (Lipinski definition) is 5. The van der Waals surface area contributed by atoms with Crippen LogP contribution in [0.2, 0.25) is 0 Å². The van der Waals surface area contributed by atoms with Crippen molar-refractivity contribution in [3.63, 3.8) is 0 Å². The molecule has 8 nitrogen and oxygen atoms in total. The van der Waals surface area contributed by atoms with E-state index in [2.05, 4.69) is 0 Å². The van der Waals surface area contributed by atoms with Crippen LogP contribution in [0.5, 0.6) is 5.75 Å². The molecule has 0 saturated carbocycles. The Kier molecular flexibility index (Phi) is 7.10. The van der Waals surface area contributed by atoms with Crippen LogP contribution < -0.4 is 10.3 Å². The minimum Gasteiger partial charge on any atom is -0.496 e. The van der Waals surface area contributed by atoms with Gasteiger partial charge in [0.15, 0.2) is 0 Å². The summed E-state index contributed by atoms with van der Waals surface area (Å²) >= 11 is 0. The number of hydrogen-bond donors (Lipinski definition) is 0. The second-order valence-corrected chi connectivity index (χ2v) is 8.87. The van der Waals surface area contributed by atoms with Gasteiger partial charge in [-0.15, -0.1) is 0 Å². The lowest BCUT2D eigenvalue weighted by atomic mass is 10.0. The van der Waals surface area contributed by atoms with Gasteiger partial charge in [0.1, 0.15) is 17.1 Å².